The Morgan fingerprint density at radius 3 is 0.743 bits per heavy atom. The molecule has 0 spiro atoms. The van der Waals surface area contributed by atoms with E-state index in [1.54, 1.807) is 0 Å². The van der Waals surface area contributed by atoms with Gasteiger partial charge in [0.1, 0.15) is 0 Å². The van der Waals surface area contributed by atoms with E-state index in [4.69, 9.17) is 13.6 Å². The lowest BCUT2D eigenvalue weighted by Crippen LogP contribution is -2.52. The summed E-state index contributed by atoms with van der Waals surface area (Å²) in [5.41, 5.74) is 0. The van der Waals surface area contributed by atoms with Crippen molar-refractivity contribution in [2.75, 3.05) is 0 Å². The van der Waals surface area contributed by atoms with Crippen LogP contribution < -0.4 is 0 Å². The first kappa shape index (κ1) is 22.0. The fourth-order valence-corrected chi connectivity index (χ4v) is 14.7. The molecule has 0 aromatic carbocycles. The van der Waals surface area contributed by atoms with Crippen molar-refractivity contribution >= 4 is 7.82 Å². The van der Waals surface area contributed by atoms with Crippen molar-refractivity contribution in [1.82, 2.24) is 0 Å². The van der Waals surface area contributed by atoms with Crippen LogP contribution >= 0.6 is 7.82 Å². The maximum atomic E-state index is 14.9. The van der Waals surface area contributed by atoms with Gasteiger partial charge < -0.3 is 0 Å². The van der Waals surface area contributed by atoms with Gasteiger partial charge in [-0.15, -0.1) is 0 Å². The third kappa shape index (κ3) is 3.58. The van der Waals surface area contributed by atoms with Crippen LogP contribution in [0.15, 0.2) is 0 Å². The standard InChI is InChI=1S/C30H45O4P/c31-35(32-28-22-4-16-1-17(6-22)7-23(28)5-16,33-29-24-8-18-2-19(10-24)11-25(29)9-18)34-30-26-12-20-3-21(14-26)15-27(30)13-20/h16-30H,1-15H2. The highest BCUT2D eigenvalue weighted by Gasteiger charge is 2.57. The smallest absolute Gasteiger partial charge is 0.283 e. The summed E-state index contributed by atoms with van der Waals surface area (Å²) in [5.74, 6) is 8.90. The van der Waals surface area contributed by atoms with Crippen LogP contribution in [0.5, 0.6) is 0 Å². The van der Waals surface area contributed by atoms with Crippen molar-refractivity contribution in [3.8, 4) is 0 Å². The average Bonchev–Trinajstić information content (AvgIpc) is 2.80. The Morgan fingerprint density at radius 2 is 0.543 bits per heavy atom. The van der Waals surface area contributed by atoms with E-state index in [-0.39, 0.29) is 18.3 Å². The Bertz CT molecular complexity index is 718. The van der Waals surface area contributed by atoms with E-state index in [1.807, 2.05) is 0 Å². The van der Waals surface area contributed by atoms with E-state index in [0.29, 0.717) is 35.5 Å². The van der Waals surface area contributed by atoms with E-state index < -0.39 is 7.82 Å². The monoisotopic (exact) mass is 500 g/mol. The molecule has 4 nitrogen and oxygen atoms in total. The lowest BCUT2D eigenvalue weighted by Gasteiger charge is -2.57. The van der Waals surface area contributed by atoms with Crippen LogP contribution in [0.2, 0.25) is 0 Å². The molecule has 0 aromatic heterocycles. The Hall–Kier alpha value is 0.110. The third-order valence-corrected chi connectivity index (χ3v) is 14.7. The average molecular weight is 501 g/mol. The minimum absolute atomic E-state index is 0.113. The number of hydrogen-bond acceptors (Lipinski definition) is 4. The molecule has 0 aliphatic heterocycles. The normalized spacial score (nSPS) is 60.4. The van der Waals surface area contributed by atoms with E-state index in [9.17, 15) is 4.57 Å². The van der Waals surface area contributed by atoms with Crippen LogP contribution in [0.3, 0.4) is 0 Å². The molecule has 12 aliphatic carbocycles. The van der Waals surface area contributed by atoms with Crippen LogP contribution in [0.1, 0.15) is 96.3 Å². The van der Waals surface area contributed by atoms with Gasteiger partial charge in [-0.1, -0.05) is 0 Å². The highest BCUT2D eigenvalue weighted by Crippen LogP contribution is 2.67. The topological polar surface area (TPSA) is 44.8 Å². The largest absolute Gasteiger partial charge is 0.475 e. The van der Waals surface area contributed by atoms with Crippen LogP contribution in [-0.2, 0) is 18.1 Å². The first-order valence-electron chi connectivity index (χ1n) is 15.7. The fraction of sp³-hybridized carbons (Fsp3) is 1.00. The molecule has 0 atom stereocenters. The van der Waals surface area contributed by atoms with Crippen molar-refractivity contribution in [2.24, 2.45) is 71.0 Å². The van der Waals surface area contributed by atoms with Gasteiger partial charge in [-0.05, 0) is 167 Å². The number of phosphoric ester groups is 1. The molecule has 0 amide bonds. The second kappa shape index (κ2) is 7.83. The molecule has 0 aromatic rings. The molecule has 35 heavy (non-hydrogen) atoms. The van der Waals surface area contributed by atoms with Gasteiger partial charge >= 0.3 is 7.82 Å². The molecule has 0 heterocycles. The van der Waals surface area contributed by atoms with E-state index in [0.717, 1.165) is 35.5 Å². The van der Waals surface area contributed by atoms with Gasteiger partial charge in [-0.3, -0.25) is 13.6 Å². The Morgan fingerprint density at radius 1 is 0.343 bits per heavy atom. The predicted octanol–water partition coefficient (Wildman–Crippen LogP) is 7.62. The molecule has 0 radical (unpaired) electrons. The Kier molecular flexibility index (Phi) is 4.92. The Labute approximate surface area is 211 Å². The molecule has 12 bridgehead atoms. The second-order valence-electron chi connectivity index (χ2n) is 15.4. The van der Waals surface area contributed by atoms with Crippen molar-refractivity contribution in [1.29, 1.82) is 0 Å². The molecule has 12 aliphatic rings. The van der Waals surface area contributed by atoms with E-state index in [2.05, 4.69) is 0 Å². The van der Waals surface area contributed by atoms with Gasteiger partial charge in [0.05, 0.1) is 18.3 Å². The van der Waals surface area contributed by atoms with Gasteiger partial charge in [0.2, 0.25) is 0 Å². The fourth-order valence-electron chi connectivity index (χ4n) is 12.7. The minimum atomic E-state index is -3.60. The molecular formula is C30H45O4P. The second-order valence-corrected chi connectivity index (χ2v) is 17.0. The lowest BCUT2D eigenvalue weighted by molar-refractivity contribution is -0.141. The zero-order valence-corrected chi connectivity index (χ0v) is 22.2. The molecule has 12 saturated carbocycles. The van der Waals surface area contributed by atoms with Crippen molar-refractivity contribution < 1.29 is 18.1 Å². The van der Waals surface area contributed by atoms with Crippen molar-refractivity contribution in [2.45, 2.75) is 115 Å². The van der Waals surface area contributed by atoms with Gasteiger partial charge in [0.15, 0.2) is 0 Å². The third-order valence-electron chi connectivity index (χ3n) is 13.2. The SMILES string of the molecule is O=P(OC1C2CC3CC(C2)CC1C3)(OC1C2CC3CC(C2)CC1C3)OC1C2CC3CC(C2)CC1C3. The van der Waals surface area contributed by atoms with Crippen LogP contribution in [0.4, 0.5) is 0 Å². The van der Waals surface area contributed by atoms with Gasteiger partial charge in [0, 0.05) is 0 Å². The highest BCUT2D eigenvalue weighted by molar-refractivity contribution is 7.48. The summed E-state index contributed by atoms with van der Waals surface area (Å²) in [6, 6.07) is 0. The number of rotatable bonds is 6. The highest BCUT2D eigenvalue weighted by atomic mass is 31.2. The van der Waals surface area contributed by atoms with Crippen molar-refractivity contribution in [3.63, 3.8) is 0 Å². The summed E-state index contributed by atoms with van der Waals surface area (Å²) >= 11 is 0. The lowest BCUT2D eigenvalue weighted by atomic mass is 9.55. The van der Waals surface area contributed by atoms with Crippen LogP contribution in [0, 0.1) is 71.0 Å². The zero-order valence-electron chi connectivity index (χ0n) is 21.3. The first-order valence-corrected chi connectivity index (χ1v) is 17.1. The van der Waals surface area contributed by atoms with Crippen LogP contribution in [0.25, 0.3) is 0 Å². The molecule has 0 unspecified atom stereocenters. The molecule has 0 saturated heterocycles. The molecule has 12 fully saturated rings. The van der Waals surface area contributed by atoms with Crippen molar-refractivity contribution in [3.05, 3.63) is 0 Å². The first-order chi connectivity index (χ1) is 17.0. The molecule has 0 N–H and O–H groups in total. The summed E-state index contributed by atoms with van der Waals surface area (Å²) in [6.45, 7) is 0. The van der Waals surface area contributed by atoms with E-state index >= 15 is 0 Å². The van der Waals surface area contributed by atoms with E-state index in [1.165, 1.54) is 96.3 Å². The quantitative estimate of drug-likeness (QED) is 0.352. The molecule has 194 valence electrons. The maximum Gasteiger partial charge on any atom is 0.475 e. The summed E-state index contributed by atoms with van der Waals surface area (Å²) in [5, 5.41) is 0. The summed E-state index contributed by atoms with van der Waals surface area (Å²) in [4.78, 5) is 0. The number of phosphoric acid groups is 1. The Balaban J connectivity index is 1.01. The minimum Gasteiger partial charge on any atom is -0.283 e. The number of hydrogen-bond donors (Lipinski definition) is 0. The molecule has 12 rings (SSSR count). The van der Waals surface area contributed by atoms with Gasteiger partial charge in [-0.25, -0.2) is 4.57 Å². The summed E-state index contributed by atoms with van der Waals surface area (Å²) < 4.78 is 35.4. The molecule has 5 heteroatoms. The van der Waals surface area contributed by atoms with Gasteiger partial charge in [0.25, 0.3) is 0 Å². The maximum absolute atomic E-state index is 14.9. The van der Waals surface area contributed by atoms with Gasteiger partial charge in [-0.2, -0.15) is 0 Å². The van der Waals surface area contributed by atoms with Crippen LogP contribution in [-0.4, -0.2) is 18.3 Å². The predicted molar refractivity (Wildman–Crippen MR) is 133 cm³/mol. The summed E-state index contributed by atoms with van der Waals surface area (Å²) in [6.07, 6.45) is 20.1. The molecular weight excluding hydrogens is 455 g/mol. The summed E-state index contributed by atoms with van der Waals surface area (Å²) in [7, 11) is -3.60. The zero-order chi connectivity index (χ0) is 22.9.